The van der Waals surface area contributed by atoms with Crippen molar-refractivity contribution in [2.45, 2.75) is 20.0 Å². The van der Waals surface area contributed by atoms with E-state index in [-0.39, 0.29) is 19.1 Å². The van der Waals surface area contributed by atoms with Gasteiger partial charge in [-0.2, -0.15) is 5.10 Å². The van der Waals surface area contributed by atoms with Crippen LogP contribution in [0, 0.1) is 6.92 Å². The van der Waals surface area contributed by atoms with Gasteiger partial charge in [-0.05, 0) is 30.2 Å². The lowest BCUT2D eigenvalue weighted by Gasteiger charge is -2.09. The molecule has 0 bridgehead atoms. The molecule has 34 heavy (non-hydrogen) atoms. The quantitative estimate of drug-likeness (QED) is 0.260. The second-order valence-corrected chi connectivity index (χ2v) is 7.46. The largest absolute Gasteiger partial charge is 0.483 e. The van der Waals surface area contributed by atoms with Crippen molar-refractivity contribution in [2.24, 2.45) is 5.10 Å². The Labute approximate surface area is 198 Å². The van der Waals surface area contributed by atoms with Gasteiger partial charge in [-0.1, -0.05) is 72.3 Å². The molecule has 0 fully saturated rings. The zero-order chi connectivity index (χ0) is 24.2. The predicted molar refractivity (Wildman–Crippen MR) is 129 cm³/mol. The van der Waals surface area contributed by atoms with E-state index in [1.807, 2.05) is 61.5 Å². The van der Waals surface area contributed by atoms with Crippen LogP contribution >= 0.6 is 0 Å². The molecular weight excluding hydrogens is 432 g/mol. The highest BCUT2D eigenvalue weighted by molar-refractivity contribution is 6.35. The summed E-state index contributed by atoms with van der Waals surface area (Å²) >= 11 is 0. The van der Waals surface area contributed by atoms with Crippen molar-refractivity contribution in [3.05, 3.63) is 101 Å². The number of carbonyl (C=O) groups is 3. The highest BCUT2D eigenvalue weighted by Crippen LogP contribution is 2.15. The van der Waals surface area contributed by atoms with Gasteiger partial charge in [0.15, 0.2) is 6.61 Å². The van der Waals surface area contributed by atoms with Gasteiger partial charge in [-0.3, -0.25) is 14.4 Å². The first kappa shape index (κ1) is 24.2. The number of ether oxygens (including phenoxy) is 1. The molecule has 3 amide bonds. The number of nitrogens with one attached hydrogen (secondary N) is 3. The summed E-state index contributed by atoms with van der Waals surface area (Å²) in [6.07, 6.45) is 1.35. The summed E-state index contributed by atoms with van der Waals surface area (Å²) in [5.74, 6) is -1.53. The lowest BCUT2D eigenvalue weighted by molar-refractivity contribution is -0.139. The fraction of sp³-hybridized carbons (Fsp3) is 0.154. The Bertz CT molecular complexity index is 1140. The van der Waals surface area contributed by atoms with E-state index in [1.165, 1.54) is 6.21 Å². The second kappa shape index (κ2) is 12.5. The van der Waals surface area contributed by atoms with Gasteiger partial charge in [-0.25, -0.2) is 5.43 Å². The van der Waals surface area contributed by atoms with Gasteiger partial charge in [0.25, 0.3) is 5.91 Å². The predicted octanol–water partition coefficient (Wildman–Crippen LogP) is 2.46. The molecule has 0 aliphatic carbocycles. The molecule has 8 nitrogen and oxygen atoms in total. The molecule has 0 heterocycles. The summed E-state index contributed by atoms with van der Waals surface area (Å²) < 4.78 is 5.59. The number of amides is 3. The number of para-hydroxylation sites is 1. The van der Waals surface area contributed by atoms with E-state index in [1.54, 1.807) is 24.3 Å². The van der Waals surface area contributed by atoms with Crippen molar-refractivity contribution in [2.75, 3.05) is 6.61 Å². The van der Waals surface area contributed by atoms with Gasteiger partial charge >= 0.3 is 11.8 Å². The van der Waals surface area contributed by atoms with Gasteiger partial charge in [0.2, 0.25) is 0 Å². The number of aryl methyl sites for hydroxylation is 1. The standard InChI is InChI=1S/C26H26N4O4/c1-19-11-13-21(14-12-19)16-28-25(32)26(33)30-29-17-22-9-5-6-10-23(22)34-18-24(31)27-15-20-7-3-2-4-8-20/h2-14,17H,15-16,18H2,1H3,(H,27,31)(H,28,32)(H,30,33)/b29-17-. The fourth-order valence-electron chi connectivity index (χ4n) is 2.89. The fourth-order valence-corrected chi connectivity index (χ4v) is 2.89. The van der Waals surface area contributed by atoms with E-state index in [0.717, 1.165) is 16.7 Å². The second-order valence-electron chi connectivity index (χ2n) is 7.46. The van der Waals surface area contributed by atoms with Crippen LogP contribution in [0.3, 0.4) is 0 Å². The third kappa shape index (κ3) is 7.90. The molecule has 0 saturated carbocycles. The Morgan fingerprint density at radius 1 is 0.794 bits per heavy atom. The van der Waals surface area contributed by atoms with E-state index in [0.29, 0.717) is 17.9 Å². The summed E-state index contributed by atoms with van der Waals surface area (Å²) in [6.45, 7) is 2.44. The Kier molecular flexibility index (Phi) is 8.92. The lowest BCUT2D eigenvalue weighted by atomic mass is 10.1. The average molecular weight is 459 g/mol. The molecule has 8 heteroatoms. The number of benzene rings is 3. The van der Waals surface area contributed by atoms with Crippen molar-refractivity contribution < 1.29 is 19.1 Å². The molecule has 3 N–H and O–H groups in total. The summed E-state index contributed by atoms with van der Waals surface area (Å²) in [7, 11) is 0. The molecule has 3 rings (SSSR count). The van der Waals surface area contributed by atoms with Crippen molar-refractivity contribution in [3.8, 4) is 5.75 Å². The Morgan fingerprint density at radius 2 is 1.44 bits per heavy atom. The minimum Gasteiger partial charge on any atom is -0.483 e. The molecule has 0 atom stereocenters. The third-order valence-electron chi connectivity index (χ3n) is 4.76. The molecular formula is C26H26N4O4. The maximum Gasteiger partial charge on any atom is 0.329 e. The zero-order valence-electron chi connectivity index (χ0n) is 18.8. The first-order chi connectivity index (χ1) is 16.5. The minimum atomic E-state index is -0.887. The molecule has 0 radical (unpaired) electrons. The lowest BCUT2D eigenvalue weighted by Crippen LogP contribution is -2.37. The molecule has 0 aromatic heterocycles. The Morgan fingerprint density at radius 3 is 2.21 bits per heavy atom. The van der Waals surface area contributed by atoms with Crippen LogP contribution in [-0.4, -0.2) is 30.5 Å². The topological polar surface area (TPSA) is 109 Å². The Hall–Kier alpha value is -4.46. The van der Waals surface area contributed by atoms with Gasteiger partial charge in [0, 0.05) is 18.7 Å². The SMILES string of the molecule is Cc1ccc(CNC(=O)C(=O)N/N=C\c2ccccc2OCC(=O)NCc2ccccc2)cc1. The molecule has 0 aliphatic heterocycles. The number of hydrogen-bond acceptors (Lipinski definition) is 5. The van der Waals surface area contributed by atoms with Crippen LogP contribution in [0.2, 0.25) is 0 Å². The van der Waals surface area contributed by atoms with Crippen LogP contribution in [0.5, 0.6) is 5.75 Å². The van der Waals surface area contributed by atoms with E-state index >= 15 is 0 Å². The summed E-state index contributed by atoms with van der Waals surface area (Å²) in [5, 5.41) is 9.15. The zero-order valence-corrected chi connectivity index (χ0v) is 18.8. The van der Waals surface area contributed by atoms with E-state index < -0.39 is 11.8 Å². The number of carbonyl (C=O) groups excluding carboxylic acids is 3. The van der Waals surface area contributed by atoms with Crippen LogP contribution in [0.25, 0.3) is 0 Å². The van der Waals surface area contributed by atoms with E-state index in [9.17, 15) is 14.4 Å². The number of nitrogens with zero attached hydrogens (tertiary/aromatic N) is 1. The maximum absolute atomic E-state index is 12.1. The Balaban J connectivity index is 1.45. The maximum atomic E-state index is 12.1. The average Bonchev–Trinajstić information content (AvgIpc) is 2.87. The van der Waals surface area contributed by atoms with Gasteiger partial charge in [0.1, 0.15) is 5.75 Å². The highest BCUT2D eigenvalue weighted by Gasteiger charge is 2.12. The molecule has 3 aromatic rings. The summed E-state index contributed by atoms with van der Waals surface area (Å²) in [4.78, 5) is 36.0. The van der Waals surface area contributed by atoms with Gasteiger partial charge < -0.3 is 15.4 Å². The molecule has 3 aromatic carbocycles. The van der Waals surface area contributed by atoms with Crippen molar-refractivity contribution >= 4 is 23.9 Å². The molecule has 174 valence electrons. The van der Waals surface area contributed by atoms with Crippen molar-refractivity contribution in [3.63, 3.8) is 0 Å². The highest BCUT2D eigenvalue weighted by atomic mass is 16.5. The van der Waals surface area contributed by atoms with Gasteiger partial charge in [0.05, 0.1) is 6.21 Å². The van der Waals surface area contributed by atoms with Crippen LogP contribution in [0.1, 0.15) is 22.3 Å². The summed E-state index contributed by atoms with van der Waals surface area (Å²) in [5.41, 5.74) is 5.71. The molecule has 0 aliphatic rings. The minimum absolute atomic E-state index is 0.175. The summed E-state index contributed by atoms with van der Waals surface area (Å²) in [6, 6.07) is 24.1. The normalized spacial score (nSPS) is 10.5. The van der Waals surface area contributed by atoms with Crippen LogP contribution in [0.4, 0.5) is 0 Å². The number of hydrogen-bond donors (Lipinski definition) is 3. The number of rotatable bonds is 9. The molecule has 0 saturated heterocycles. The molecule has 0 unspecified atom stereocenters. The first-order valence-corrected chi connectivity index (χ1v) is 10.7. The van der Waals surface area contributed by atoms with Crippen molar-refractivity contribution in [1.29, 1.82) is 0 Å². The first-order valence-electron chi connectivity index (χ1n) is 10.7. The van der Waals surface area contributed by atoms with Gasteiger partial charge in [-0.15, -0.1) is 0 Å². The van der Waals surface area contributed by atoms with E-state index in [4.69, 9.17) is 4.74 Å². The number of hydrazone groups is 1. The molecule has 0 spiro atoms. The van der Waals surface area contributed by atoms with Crippen LogP contribution in [0.15, 0.2) is 84.0 Å². The monoisotopic (exact) mass is 458 g/mol. The smallest absolute Gasteiger partial charge is 0.329 e. The third-order valence-corrected chi connectivity index (χ3v) is 4.76. The van der Waals surface area contributed by atoms with Crippen LogP contribution in [-0.2, 0) is 27.5 Å². The van der Waals surface area contributed by atoms with Crippen molar-refractivity contribution in [1.82, 2.24) is 16.1 Å². The van der Waals surface area contributed by atoms with E-state index in [2.05, 4.69) is 21.2 Å². The van der Waals surface area contributed by atoms with Crippen LogP contribution < -0.4 is 20.8 Å².